The highest BCUT2D eigenvalue weighted by Gasteiger charge is 2.32. The molecule has 0 spiro atoms. The van der Waals surface area contributed by atoms with Crippen molar-refractivity contribution in [3.63, 3.8) is 0 Å². The van der Waals surface area contributed by atoms with Gasteiger partial charge in [0.15, 0.2) is 0 Å². The monoisotopic (exact) mass is 258 g/mol. The van der Waals surface area contributed by atoms with Gasteiger partial charge in [-0.25, -0.2) is 18.4 Å². The fraction of sp³-hybridized carbons (Fsp3) is 0.600. The number of anilines is 1. The zero-order valence-electron chi connectivity index (χ0n) is 10.5. The van der Waals surface area contributed by atoms with E-state index >= 15 is 0 Å². The van der Waals surface area contributed by atoms with Crippen LogP contribution in [0.15, 0.2) is 17.3 Å². The Morgan fingerprint density at radius 2 is 1.82 bits per heavy atom. The number of aromatic nitrogens is 2. The molecule has 0 radical (unpaired) electrons. The standard InChI is InChI=1S/C10H18N4O2S/c1-5-10(2,3)14(4)17(15,16)8-6-12-9(11)13-7-8/h6-7H,5H2,1-4H3,(H2,11,12,13). The van der Waals surface area contributed by atoms with Crippen molar-refractivity contribution in [2.75, 3.05) is 12.8 Å². The van der Waals surface area contributed by atoms with Crippen LogP contribution in [0.1, 0.15) is 27.2 Å². The van der Waals surface area contributed by atoms with Crippen LogP contribution < -0.4 is 5.73 Å². The highest BCUT2D eigenvalue weighted by atomic mass is 32.2. The SMILES string of the molecule is CCC(C)(C)N(C)S(=O)(=O)c1cnc(N)nc1. The lowest BCUT2D eigenvalue weighted by Crippen LogP contribution is -2.44. The molecule has 0 atom stereocenters. The summed E-state index contributed by atoms with van der Waals surface area (Å²) >= 11 is 0. The molecule has 1 aromatic heterocycles. The Kier molecular flexibility index (Phi) is 3.73. The summed E-state index contributed by atoms with van der Waals surface area (Å²) in [4.78, 5) is 7.44. The quantitative estimate of drug-likeness (QED) is 0.865. The minimum Gasteiger partial charge on any atom is -0.368 e. The van der Waals surface area contributed by atoms with Crippen LogP contribution in [0.4, 0.5) is 5.95 Å². The first kappa shape index (κ1) is 13.9. The zero-order chi connectivity index (χ0) is 13.3. The second-order valence-electron chi connectivity index (χ2n) is 4.42. The average molecular weight is 258 g/mol. The maximum Gasteiger partial charge on any atom is 0.246 e. The van der Waals surface area contributed by atoms with Crippen LogP contribution in [0.5, 0.6) is 0 Å². The van der Waals surface area contributed by atoms with Crippen LogP contribution in [-0.2, 0) is 10.0 Å². The molecule has 0 aliphatic heterocycles. The number of nitrogens with zero attached hydrogens (tertiary/aromatic N) is 3. The molecule has 17 heavy (non-hydrogen) atoms. The lowest BCUT2D eigenvalue weighted by Gasteiger charge is -2.33. The minimum atomic E-state index is -3.57. The molecule has 0 unspecified atom stereocenters. The van der Waals surface area contributed by atoms with Crippen LogP contribution in [-0.4, -0.2) is 35.3 Å². The van der Waals surface area contributed by atoms with E-state index < -0.39 is 15.6 Å². The minimum absolute atomic E-state index is 0.0516. The van der Waals surface area contributed by atoms with Crippen LogP contribution in [0.3, 0.4) is 0 Å². The number of nitrogens with two attached hydrogens (primary N) is 1. The Balaban J connectivity index is 3.16. The molecule has 0 aromatic carbocycles. The van der Waals surface area contributed by atoms with Gasteiger partial charge < -0.3 is 5.73 Å². The van der Waals surface area contributed by atoms with Crippen molar-refractivity contribution in [2.45, 2.75) is 37.6 Å². The van der Waals surface area contributed by atoms with Gasteiger partial charge in [-0.15, -0.1) is 0 Å². The molecule has 1 rings (SSSR count). The second-order valence-corrected chi connectivity index (χ2v) is 6.38. The largest absolute Gasteiger partial charge is 0.368 e. The van der Waals surface area contributed by atoms with E-state index in [0.717, 1.165) is 0 Å². The summed E-state index contributed by atoms with van der Waals surface area (Å²) in [7, 11) is -2.02. The molecule has 7 heteroatoms. The number of nitrogen functional groups attached to an aromatic ring is 1. The third-order valence-corrected chi connectivity index (χ3v) is 5.05. The highest BCUT2D eigenvalue weighted by molar-refractivity contribution is 7.89. The molecule has 0 aliphatic rings. The summed E-state index contributed by atoms with van der Waals surface area (Å²) in [6.07, 6.45) is 3.15. The Labute approximate surface area is 102 Å². The average Bonchev–Trinajstić information content (AvgIpc) is 2.28. The van der Waals surface area contributed by atoms with E-state index in [1.54, 1.807) is 7.05 Å². The molecular formula is C10H18N4O2S. The van der Waals surface area contributed by atoms with Gasteiger partial charge in [-0.2, -0.15) is 4.31 Å². The van der Waals surface area contributed by atoms with E-state index in [-0.39, 0.29) is 10.8 Å². The smallest absolute Gasteiger partial charge is 0.246 e. The van der Waals surface area contributed by atoms with E-state index in [4.69, 9.17) is 5.73 Å². The van der Waals surface area contributed by atoms with Gasteiger partial charge in [0.05, 0.1) is 12.4 Å². The van der Waals surface area contributed by atoms with Crippen molar-refractivity contribution >= 4 is 16.0 Å². The van der Waals surface area contributed by atoms with Crippen LogP contribution in [0, 0.1) is 0 Å². The van der Waals surface area contributed by atoms with E-state index in [0.29, 0.717) is 6.42 Å². The lowest BCUT2D eigenvalue weighted by molar-refractivity contribution is 0.257. The first-order valence-electron chi connectivity index (χ1n) is 5.28. The van der Waals surface area contributed by atoms with Gasteiger partial charge in [0.2, 0.25) is 16.0 Å². The maximum absolute atomic E-state index is 12.3. The molecule has 0 aliphatic carbocycles. The highest BCUT2D eigenvalue weighted by Crippen LogP contribution is 2.24. The molecule has 96 valence electrons. The summed E-state index contributed by atoms with van der Waals surface area (Å²) < 4.78 is 25.8. The number of sulfonamides is 1. The Hall–Kier alpha value is -1.21. The molecular weight excluding hydrogens is 240 g/mol. The van der Waals surface area contributed by atoms with Crippen LogP contribution in [0.25, 0.3) is 0 Å². The predicted octanol–water partition coefficient (Wildman–Crippen LogP) is 0.868. The Morgan fingerprint density at radius 3 is 2.24 bits per heavy atom. The van der Waals surface area contributed by atoms with Crippen molar-refractivity contribution < 1.29 is 8.42 Å². The molecule has 0 fully saturated rings. The molecule has 2 N–H and O–H groups in total. The van der Waals surface area contributed by atoms with E-state index in [2.05, 4.69) is 9.97 Å². The van der Waals surface area contributed by atoms with Crippen LogP contribution >= 0.6 is 0 Å². The maximum atomic E-state index is 12.3. The normalized spacial score (nSPS) is 13.0. The van der Waals surface area contributed by atoms with Gasteiger partial charge in [0.1, 0.15) is 4.90 Å². The van der Waals surface area contributed by atoms with Crippen molar-refractivity contribution in [1.82, 2.24) is 14.3 Å². The van der Waals surface area contributed by atoms with Gasteiger partial charge in [-0.3, -0.25) is 0 Å². The number of hydrogen-bond acceptors (Lipinski definition) is 5. The van der Waals surface area contributed by atoms with Gasteiger partial charge in [-0.05, 0) is 20.3 Å². The van der Waals surface area contributed by atoms with Crippen molar-refractivity contribution in [2.24, 2.45) is 0 Å². The predicted molar refractivity (Wildman–Crippen MR) is 65.8 cm³/mol. The lowest BCUT2D eigenvalue weighted by atomic mass is 10.0. The molecule has 0 saturated carbocycles. The summed E-state index contributed by atoms with van der Waals surface area (Å²) in [5, 5.41) is 0. The Morgan fingerprint density at radius 1 is 1.35 bits per heavy atom. The topological polar surface area (TPSA) is 89.2 Å². The summed E-state index contributed by atoms with van der Waals surface area (Å²) in [5.74, 6) is 0.0568. The van der Waals surface area contributed by atoms with E-state index in [1.165, 1.54) is 16.7 Å². The number of rotatable bonds is 4. The summed E-state index contributed by atoms with van der Waals surface area (Å²) in [5.41, 5.74) is 4.87. The first-order valence-corrected chi connectivity index (χ1v) is 6.72. The van der Waals surface area contributed by atoms with E-state index in [1.807, 2.05) is 20.8 Å². The van der Waals surface area contributed by atoms with Crippen molar-refractivity contribution in [3.8, 4) is 0 Å². The number of hydrogen-bond donors (Lipinski definition) is 1. The van der Waals surface area contributed by atoms with Crippen LogP contribution in [0.2, 0.25) is 0 Å². The van der Waals surface area contributed by atoms with Gasteiger partial charge in [0.25, 0.3) is 0 Å². The van der Waals surface area contributed by atoms with Gasteiger partial charge in [-0.1, -0.05) is 6.92 Å². The molecule has 0 amide bonds. The molecule has 0 saturated heterocycles. The van der Waals surface area contributed by atoms with Gasteiger partial charge in [0, 0.05) is 12.6 Å². The first-order chi connectivity index (χ1) is 7.71. The summed E-state index contributed by atoms with van der Waals surface area (Å²) in [6.45, 7) is 5.66. The second kappa shape index (κ2) is 4.58. The fourth-order valence-electron chi connectivity index (χ4n) is 1.17. The van der Waals surface area contributed by atoms with Crippen molar-refractivity contribution in [3.05, 3.63) is 12.4 Å². The third-order valence-electron chi connectivity index (χ3n) is 3.02. The molecule has 6 nitrogen and oxygen atoms in total. The summed E-state index contributed by atoms with van der Waals surface area (Å²) in [6, 6.07) is 0. The molecule has 1 aromatic rings. The van der Waals surface area contributed by atoms with E-state index in [9.17, 15) is 8.42 Å². The zero-order valence-corrected chi connectivity index (χ0v) is 11.3. The molecule has 1 heterocycles. The fourth-order valence-corrected chi connectivity index (χ4v) is 2.63. The Bertz CT molecular complexity index is 482. The molecule has 0 bridgehead atoms. The third kappa shape index (κ3) is 2.73. The van der Waals surface area contributed by atoms with Gasteiger partial charge >= 0.3 is 0 Å². The van der Waals surface area contributed by atoms with Crippen molar-refractivity contribution in [1.29, 1.82) is 0 Å².